The highest BCUT2D eigenvalue weighted by Crippen LogP contribution is 2.54. The number of aromatic amines is 1. The van der Waals surface area contributed by atoms with Gasteiger partial charge in [0.2, 0.25) is 0 Å². The molecule has 0 bridgehead atoms. The number of esters is 1. The van der Waals surface area contributed by atoms with Gasteiger partial charge in [-0.15, -0.1) is 0 Å². The number of ether oxygens (including phenoxy) is 4. The number of fused-ring (bicyclic) bond motifs is 1. The van der Waals surface area contributed by atoms with Crippen molar-refractivity contribution in [3.63, 3.8) is 0 Å². The van der Waals surface area contributed by atoms with E-state index in [1.807, 2.05) is 4.98 Å². The molecule has 0 amide bonds. The summed E-state index contributed by atoms with van der Waals surface area (Å²) in [5.41, 5.74) is -4.31. The molecule has 2 fully saturated rings. The van der Waals surface area contributed by atoms with E-state index in [1.165, 1.54) is 32.9 Å². The number of hydrogen-bond donors (Lipinski definition) is 2. The van der Waals surface area contributed by atoms with E-state index in [0.717, 1.165) is 12.3 Å². The van der Waals surface area contributed by atoms with Crippen LogP contribution in [0.4, 0.5) is 4.39 Å². The molecule has 16 heteroatoms. The molecule has 2 saturated heterocycles. The predicted molar refractivity (Wildman–Crippen MR) is 138 cm³/mol. The summed E-state index contributed by atoms with van der Waals surface area (Å²) in [6.07, 6.45) is -2.74. The van der Waals surface area contributed by atoms with Crippen molar-refractivity contribution in [2.45, 2.75) is 76.3 Å². The zero-order valence-electron chi connectivity index (χ0n) is 22.9. The van der Waals surface area contributed by atoms with Crippen LogP contribution in [0.25, 0.3) is 0 Å². The van der Waals surface area contributed by atoms with Gasteiger partial charge in [0.1, 0.15) is 24.5 Å². The predicted octanol–water partition coefficient (Wildman–Crippen LogP) is 2.06. The topological polar surface area (TPSA) is 180 Å². The van der Waals surface area contributed by atoms with Crippen molar-refractivity contribution in [1.29, 1.82) is 5.26 Å². The molecule has 6 atom stereocenters. The van der Waals surface area contributed by atoms with Gasteiger partial charge in [0.05, 0.1) is 6.10 Å². The normalized spacial score (nSPS) is 28.8. The van der Waals surface area contributed by atoms with Gasteiger partial charge in [-0.1, -0.05) is 18.2 Å². The minimum Gasteiger partial charge on any atom is -0.462 e. The minimum atomic E-state index is -4.56. The molecule has 14 nitrogen and oxygen atoms in total. The lowest BCUT2D eigenvalue weighted by Crippen LogP contribution is -2.51. The SMILES string of the molecule is CC(C)OC(=O)[C@H](C)N[P@](=O)(OC[C@@]1(F)O[C@@](C#N)(n2ccc(=O)[nH]c2=O)[C@H]2OC(C)(C)OC21)Oc1ccccc1. The first-order valence-electron chi connectivity index (χ1n) is 12.6. The highest BCUT2D eigenvalue weighted by atomic mass is 31.2. The van der Waals surface area contributed by atoms with Crippen molar-refractivity contribution in [3.05, 3.63) is 63.4 Å². The van der Waals surface area contributed by atoms with E-state index in [2.05, 4.69) is 5.09 Å². The number of hydrogen-bond acceptors (Lipinski definition) is 11. The minimum absolute atomic E-state index is 0.0682. The van der Waals surface area contributed by atoms with Crippen LogP contribution in [-0.2, 0) is 38.6 Å². The van der Waals surface area contributed by atoms with Crippen LogP contribution in [0.5, 0.6) is 5.75 Å². The summed E-state index contributed by atoms with van der Waals surface area (Å²) < 4.78 is 64.5. The zero-order valence-corrected chi connectivity index (χ0v) is 23.8. The molecule has 222 valence electrons. The Hall–Kier alpha value is -3.38. The molecule has 2 aliphatic heterocycles. The molecular weight excluding hydrogens is 566 g/mol. The number of rotatable bonds is 10. The number of aromatic nitrogens is 2. The molecule has 0 saturated carbocycles. The van der Waals surface area contributed by atoms with Gasteiger partial charge in [0, 0.05) is 12.3 Å². The zero-order chi connectivity index (χ0) is 30.2. The monoisotopic (exact) mass is 596 g/mol. The Balaban J connectivity index is 1.68. The van der Waals surface area contributed by atoms with E-state index < -0.39 is 73.3 Å². The van der Waals surface area contributed by atoms with E-state index in [-0.39, 0.29) is 5.75 Å². The van der Waals surface area contributed by atoms with Gasteiger partial charge >= 0.3 is 19.4 Å². The van der Waals surface area contributed by atoms with Crippen molar-refractivity contribution < 1.29 is 41.7 Å². The number of nitrogens with zero attached hydrogens (tertiary/aromatic N) is 2. The third-order valence-corrected chi connectivity index (χ3v) is 7.66. The maximum Gasteiger partial charge on any atom is 0.459 e. The summed E-state index contributed by atoms with van der Waals surface area (Å²) in [5, 5.41) is 12.6. The van der Waals surface area contributed by atoms with Crippen LogP contribution in [-0.4, -0.2) is 58.1 Å². The summed E-state index contributed by atoms with van der Waals surface area (Å²) in [6, 6.07) is 9.26. The summed E-state index contributed by atoms with van der Waals surface area (Å²) in [6.45, 7) is 6.35. The van der Waals surface area contributed by atoms with Crippen LogP contribution in [0.1, 0.15) is 34.6 Å². The molecule has 3 heterocycles. The Bertz CT molecular complexity index is 1490. The van der Waals surface area contributed by atoms with Crippen LogP contribution in [0, 0.1) is 11.3 Å². The smallest absolute Gasteiger partial charge is 0.459 e. The summed E-state index contributed by atoms with van der Waals surface area (Å²) >= 11 is 0. The number of halogens is 1. The maximum atomic E-state index is 16.7. The number of nitrogens with one attached hydrogen (secondary N) is 2. The summed E-state index contributed by atoms with van der Waals surface area (Å²) in [5.74, 6) is -5.20. The molecule has 1 aromatic carbocycles. The second kappa shape index (κ2) is 11.1. The van der Waals surface area contributed by atoms with Crippen LogP contribution in [0.15, 0.2) is 52.2 Å². The van der Waals surface area contributed by atoms with Crippen LogP contribution in [0.2, 0.25) is 0 Å². The van der Waals surface area contributed by atoms with Crippen LogP contribution < -0.4 is 20.9 Å². The van der Waals surface area contributed by atoms with Crippen molar-refractivity contribution in [2.75, 3.05) is 6.61 Å². The first kappa shape index (κ1) is 30.6. The molecular formula is C25H30FN4O10P. The molecule has 41 heavy (non-hydrogen) atoms. The van der Waals surface area contributed by atoms with Gasteiger partial charge < -0.3 is 18.7 Å². The van der Waals surface area contributed by atoms with Gasteiger partial charge in [-0.05, 0) is 46.8 Å². The number of H-pyrrole nitrogens is 1. The van der Waals surface area contributed by atoms with Crippen molar-refractivity contribution in [1.82, 2.24) is 14.6 Å². The van der Waals surface area contributed by atoms with Gasteiger partial charge in [0.15, 0.2) is 18.0 Å². The van der Waals surface area contributed by atoms with E-state index >= 15 is 4.39 Å². The number of carbonyl (C=O) groups excluding carboxylic acids is 1. The number of para-hydroxylation sites is 1. The molecule has 0 radical (unpaired) electrons. The third-order valence-electron chi connectivity index (χ3n) is 6.03. The molecule has 1 unspecified atom stereocenters. The third kappa shape index (κ3) is 6.28. The number of alkyl halides is 1. The summed E-state index contributed by atoms with van der Waals surface area (Å²) in [7, 11) is -4.56. The fraction of sp³-hybridized carbons (Fsp3) is 0.520. The number of nitriles is 1. The standard InChI is InChI=1S/C25H30FN4O10P/c1-15(2)36-21(32)16(3)29-41(34,39-17-9-7-6-8-10-17)35-14-24(26)19-20(38-23(4,5)37-19)25(13-27,40-24)30-12-11-18(31)28-22(30)33/h6-12,15-16,19-20H,14H2,1-5H3,(H,29,34)(H,28,31,33)/t16-,19?,20-,24+,25+,41-/m0/s1. The first-order valence-corrected chi connectivity index (χ1v) is 14.1. The fourth-order valence-corrected chi connectivity index (χ4v) is 5.87. The highest BCUT2D eigenvalue weighted by molar-refractivity contribution is 7.52. The van der Waals surface area contributed by atoms with Gasteiger partial charge in [-0.2, -0.15) is 10.3 Å². The second-order valence-electron chi connectivity index (χ2n) is 10.2. The maximum absolute atomic E-state index is 16.7. The Kier molecular flexibility index (Phi) is 8.30. The lowest BCUT2D eigenvalue weighted by atomic mass is 10.0. The Morgan fingerprint density at radius 2 is 1.85 bits per heavy atom. The average Bonchev–Trinajstić information content (AvgIpc) is 3.33. The fourth-order valence-electron chi connectivity index (χ4n) is 4.36. The van der Waals surface area contributed by atoms with Gasteiger partial charge in [-0.3, -0.25) is 28.4 Å². The average molecular weight is 597 g/mol. The van der Waals surface area contributed by atoms with E-state index in [1.54, 1.807) is 38.1 Å². The van der Waals surface area contributed by atoms with E-state index in [4.69, 9.17) is 28.0 Å². The van der Waals surface area contributed by atoms with E-state index in [0.29, 0.717) is 4.57 Å². The Labute approximate surface area is 233 Å². The number of carbonyl (C=O) groups is 1. The lowest BCUT2D eigenvalue weighted by molar-refractivity contribution is -0.281. The number of benzene rings is 1. The summed E-state index contributed by atoms with van der Waals surface area (Å²) in [4.78, 5) is 38.7. The van der Waals surface area contributed by atoms with Gasteiger partial charge in [-0.25, -0.2) is 13.8 Å². The lowest BCUT2D eigenvalue weighted by Gasteiger charge is -2.32. The quantitative estimate of drug-likeness (QED) is 0.302. The molecule has 2 aromatic rings. The molecule has 0 spiro atoms. The molecule has 1 aromatic heterocycles. The molecule has 4 rings (SSSR count). The molecule has 2 aliphatic rings. The van der Waals surface area contributed by atoms with Crippen LogP contribution >= 0.6 is 7.75 Å². The van der Waals surface area contributed by atoms with E-state index in [9.17, 15) is 24.2 Å². The largest absolute Gasteiger partial charge is 0.462 e. The van der Waals surface area contributed by atoms with Crippen LogP contribution in [0.3, 0.4) is 0 Å². The Morgan fingerprint density at radius 3 is 2.46 bits per heavy atom. The molecule has 0 aliphatic carbocycles. The highest BCUT2D eigenvalue weighted by Gasteiger charge is 2.72. The molecule has 2 N–H and O–H groups in total. The van der Waals surface area contributed by atoms with Crippen molar-refractivity contribution >= 4 is 13.7 Å². The first-order chi connectivity index (χ1) is 19.1. The second-order valence-corrected chi connectivity index (χ2v) is 11.9. The Morgan fingerprint density at radius 1 is 1.20 bits per heavy atom. The van der Waals surface area contributed by atoms with Gasteiger partial charge in [0.25, 0.3) is 17.1 Å². The van der Waals surface area contributed by atoms with Crippen molar-refractivity contribution in [3.8, 4) is 11.8 Å². The van der Waals surface area contributed by atoms with Crippen molar-refractivity contribution in [2.24, 2.45) is 0 Å².